The number of rotatable bonds is 3. The highest BCUT2D eigenvalue weighted by atomic mass is 35.5. The van der Waals surface area contributed by atoms with Gasteiger partial charge in [-0.15, -0.1) is 11.6 Å². The Labute approximate surface area is 78.7 Å². The summed E-state index contributed by atoms with van der Waals surface area (Å²) in [4.78, 5) is 10.7. The van der Waals surface area contributed by atoms with Crippen molar-refractivity contribution in [2.24, 2.45) is 5.18 Å². The molecule has 1 atom stereocenters. The van der Waals surface area contributed by atoms with E-state index in [1.807, 2.05) is 6.92 Å². The summed E-state index contributed by atoms with van der Waals surface area (Å²) in [5, 5.41) is 3.35. The molecule has 3 heteroatoms. The second kappa shape index (κ2) is 4.22. The minimum atomic E-state index is -0.320. The first kappa shape index (κ1) is 9.97. The van der Waals surface area contributed by atoms with Gasteiger partial charge in [-0.3, -0.25) is 0 Å². The van der Waals surface area contributed by atoms with Gasteiger partial charge in [0.05, 0.1) is 0 Å². The van der Waals surface area contributed by atoms with E-state index in [0.29, 0.717) is 0 Å². The lowest BCUT2D eigenvalue weighted by Crippen LogP contribution is -2.31. The molecule has 0 saturated heterocycles. The summed E-state index contributed by atoms with van der Waals surface area (Å²) in [6, 6.07) is 0. The maximum atomic E-state index is 10.7. The van der Waals surface area contributed by atoms with Crippen molar-refractivity contribution in [1.29, 1.82) is 0 Å². The molecule has 1 unspecified atom stereocenters. The molecule has 70 valence electrons. The molecule has 0 aliphatic heterocycles. The largest absolute Gasteiger partial charge is 0.150 e. The second-order valence-corrected chi connectivity index (χ2v) is 4.61. The maximum Gasteiger partial charge on any atom is 0.104 e. The van der Waals surface area contributed by atoms with E-state index in [0.717, 1.165) is 32.1 Å². The average Bonchev–Trinajstić information content (AvgIpc) is 2.05. The molecule has 0 radical (unpaired) electrons. The number of hydrogen-bond acceptors (Lipinski definition) is 2. The van der Waals surface area contributed by atoms with Crippen LogP contribution in [-0.2, 0) is 0 Å². The summed E-state index contributed by atoms with van der Waals surface area (Å²) in [7, 11) is 0. The molecule has 2 nitrogen and oxygen atoms in total. The average molecular weight is 190 g/mol. The van der Waals surface area contributed by atoms with Gasteiger partial charge in [0.25, 0.3) is 0 Å². The van der Waals surface area contributed by atoms with Crippen LogP contribution in [0.3, 0.4) is 0 Å². The molecule has 0 heterocycles. The maximum absolute atomic E-state index is 10.7. The molecule has 1 aliphatic rings. The summed E-state index contributed by atoms with van der Waals surface area (Å²) in [6.07, 6.45) is 6.14. The zero-order valence-corrected chi connectivity index (χ0v) is 8.31. The molecular weight excluding hydrogens is 174 g/mol. The van der Waals surface area contributed by atoms with E-state index >= 15 is 0 Å². The van der Waals surface area contributed by atoms with Crippen molar-refractivity contribution in [2.45, 2.75) is 56.4 Å². The molecule has 1 saturated carbocycles. The van der Waals surface area contributed by atoms with Crippen LogP contribution < -0.4 is 0 Å². The summed E-state index contributed by atoms with van der Waals surface area (Å²) in [5.74, 6) is 0. The highest BCUT2D eigenvalue weighted by Gasteiger charge is 2.34. The van der Waals surface area contributed by atoms with Crippen LogP contribution >= 0.6 is 11.6 Å². The predicted molar refractivity (Wildman–Crippen MR) is 51.5 cm³/mol. The molecule has 0 aromatic carbocycles. The van der Waals surface area contributed by atoms with Gasteiger partial charge in [-0.2, -0.15) is 4.91 Å². The van der Waals surface area contributed by atoms with Gasteiger partial charge >= 0.3 is 0 Å². The molecule has 1 rings (SSSR count). The van der Waals surface area contributed by atoms with Gasteiger partial charge in [-0.1, -0.05) is 24.4 Å². The topological polar surface area (TPSA) is 29.4 Å². The Morgan fingerprint density at radius 3 is 2.42 bits per heavy atom. The number of nitroso groups, excluding NO2 is 1. The van der Waals surface area contributed by atoms with Gasteiger partial charge in [0.15, 0.2) is 0 Å². The Balaban J connectivity index is 2.53. The third kappa shape index (κ3) is 2.44. The van der Waals surface area contributed by atoms with E-state index in [2.05, 4.69) is 5.18 Å². The standard InChI is InChI=1S/C9H16ClNO/c1-8(10)7-9(11-12)5-3-2-4-6-9/h8H,2-7H2,1H3. The molecule has 0 N–H and O–H groups in total. The molecule has 0 aromatic rings. The van der Waals surface area contributed by atoms with Gasteiger partial charge in [0, 0.05) is 5.38 Å². The normalized spacial score (nSPS) is 24.8. The lowest BCUT2D eigenvalue weighted by molar-refractivity contribution is 0.278. The van der Waals surface area contributed by atoms with Crippen LogP contribution in [0.15, 0.2) is 5.18 Å². The summed E-state index contributed by atoms with van der Waals surface area (Å²) < 4.78 is 0. The zero-order valence-electron chi connectivity index (χ0n) is 7.55. The van der Waals surface area contributed by atoms with Crippen molar-refractivity contribution in [3.8, 4) is 0 Å². The smallest absolute Gasteiger partial charge is 0.104 e. The minimum Gasteiger partial charge on any atom is -0.150 e. The van der Waals surface area contributed by atoms with E-state index in [1.165, 1.54) is 6.42 Å². The van der Waals surface area contributed by atoms with Gasteiger partial charge in [-0.05, 0) is 26.2 Å². The first-order valence-electron chi connectivity index (χ1n) is 4.67. The Kier molecular flexibility index (Phi) is 3.51. The van der Waals surface area contributed by atoms with E-state index in [4.69, 9.17) is 11.6 Å². The fraction of sp³-hybridized carbons (Fsp3) is 1.00. The fourth-order valence-electron chi connectivity index (χ4n) is 2.07. The van der Waals surface area contributed by atoms with Crippen LogP contribution in [0.1, 0.15) is 45.4 Å². The zero-order chi connectivity index (χ0) is 9.03. The van der Waals surface area contributed by atoms with E-state index in [9.17, 15) is 4.91 Å². The van der Waals surface area contributed by atoms with Crippen LogP contribution in [0, 0.1) is 4.91 Å². The molecule has 0 spiro atoms. The SMILES string of the molecule is CC(Cl)CC1(N=O)CCCCC1. The predicted octanol–water partition coefficient (Wildman–Crippen LogP) is 3.47. The third-order valence-corrected chi connectivity index (χ3v) is 2.79. The monoisotopic (exact) mass is 189 g/mol. The van der Waals surface area contributed by atoms with Gasteiger partial charge in [0.1, 0.15) is 5.54 Å². The number of hydrogen-bond donors (Lipinski definition) is 0. The first-order chi connectivity index (χ1) is 5.68. The van der Waals surface area contributed by atoms with E-state index < -0.39 is 0 Å². The van der Waals surface area contributed by atoms with Crippen molar-refractivity contribution >= 4 is 11.6 Å². The van der Waals surface area contributed by atoms with Crippen LogP contribution in [-0.4, -0.2) is 10.9 Å². The Hall–Kier alpha value is -0.110. The lowest BCUT2D eigenvalue weighted by Gasteiger charge is -2.30. The van der Waals surface area contributed by atoms with E-state index in [1.54, 1.807) is 0 Å². The van der Waals surface area contributed by atoms with Crippen molar-refractivity contribution in [3.05, 3.63) is 4.91 Å². The van der Waals surface area contributed by atoms with Crippen molar-refractivity contribution in [3.63, 3.8) is 0 Å². The molecular formula is C9H16ClNO. The van der Waals surface area contributed by atoms with Crippen LogP contribution in [0.2, 0.25) is 0 Å². The van der Waals surface area contributed by atoms with Crippen LogP contribution in [0.5, 0.6) is 0 Å². The second-order valence-electron chi connectivity index (χ2n) is 3.86. The third-order valence-electron chi connectivity index (χ3n) is 2.64. The Morgan fingerprint density at radius 1 is 1.42 bits per heavy atom. The van der Waals surface area contributed by atoms with Crippen molar-refractivity contribution in [1.82, 2.24) is 0 Å². The molecule has 0 amide bonds. The molecule has 0 bridgehead atoms. The summed E-state index contributed by atoms with van der Waals surface area (Å²) in [5.41, 5.74) is -0.320. The van der Waals surface area contributed by atoms with Gasteiger partial charge in [0.2, 0.25) is 0 Å². The quantitative estimate of drug-likeness (QED) is 0.494. The van der Waals surface area contributed by atoms with Crippen molar-refractivity contribution < 1.29 is 0 Å². The minimum absolute atomic E-state index is 0.0702. The fourth-order valence-corrected chi connectivity index (χ4v) is 2.35. The van der Waals surface area contributed by atoms with Gasteiger partial charge < -0.3 is 0 Å². The molecule has 1 aliphatic carbocycles. The number of nitrogens with zero attached hydrogens (tertiary/aromatic N) is 1. The molecule has 12 heavy (non-hydrogen) atoms. The van der Waals surface area contributed by atoms with Gasteiger partial charge in [-0.25, -0.2) is 0 Å². The molecule has 0 aromatic heterocycles. The lowest BCUT2D eigenvalue weighted by atomic mass is 9.79. The summed E-state index contributed by atoms with van der Waals surface area (Å²) >= 11 is 5.88. The Bertz CT molecular complexity index is 153. The number of alkyl halides is 1. The first-order valence-corrected chi connectivity index (χ1v) is 5.11. The van der Waals surface area contributed by atoms with Crippen LogP contribution in [0.25, 0.3) is 0 Å². The highest BCUT2D eigenvalue weighted by molar-refractivity contribution is 6.20. The summed E-state index contributed by atoms with van der Waals surface area (Å²) in [6.45, 7) is 1.93. The molecule has 1 fully saturated rings. The van der Waals surface area contributed by atoms with Crippen molar-refractivity contribution in [2.75, 3.05) is 0 Å². The highest BCUT2D eigenvalue weighted by Crippen LogP contribution is 2.36. The Morgan fingerprint density at radius 2 is 2.00 bits per heavy atom. The van der Waals surface area contributed by atoms with E-state index in [-0.39, 0.29) is 10.9 Å². The van der Waals surface area contributed by atoms with Crippen LogP contribution in [0.4, 0.5) is 0 Å². The number of halogens is 1.